The standard InChI is InChI=1S/C13H19N5O/c1-4-14-12-6-11(10-7-15-18(3)8-10)16-13(17-12)9-19-5-2/h6-8H,4-5,9H2,1-3H3,(H,14,16,17). The molecule has 0 aliphatic rings. The molecule has 0 bridgehead atoms. The highest BCUT2D eigenvalue weighted by molar-refractivity contribution is 5.60. The molecule has 0 aliphatic heterocycles. The van der Waals surface area contributed by atoms with Crippen LogP contribution in [0, 0.1) is 0 Å². The van der Waals surface area contributed by atoms with Crippen LogP contribution in [-0.4, -0.2) is 32.9 Å². The molecule has 2 rings (SSSR count). The highest BCUT2D eigenvalue weighted by atomic mass is 16.5. The number of ether oxygens (including phenoxy) is 1. The number of aromatic nitrogens is 4. The molecule has 1 N–H and O–H groups in total. The first kappa shape index (κ1) is 13.5. The van der Waals surface area contributed by atoms with Crippen LogP contribution in [0.1, 0.15) is 19.7 Å². The zero-order valence-electron chi connectivity index (χ0n) is 11.6. The minimum Gasteiger partial charge on any atom is -0.374 e. The maximum Gasteiger partial charge on any atom is 0.157 e. The van der Waals surface area contributed by atoms with Crippen LogP contribution >= 0.6 is 0 Å². The Hall–Kier alpha value is -1.95. The molecule has 6 heteroatoms. The molecule has 0 atom stereocenters. The van der Waals surface area contributed by atoms with Crippen LogP contribution in [-0.2, 0) is 18.4 Å². The largest absolute Gasteiger partial charge is 0.374 e. The predicted molar refractivity (Wildman–Crippen MR) is 73.7 cm³/mol. The smallest absolute Gasteiger partial charge is 0.157 e. The second-order valence-electron chi connectivity index (χ2n) is 4.12. The first-order chi connectivity index (χ1) is 9.22. The van der Waals surface area contributed by atoms with Crippen LogP contribution in [0.25, 0.3) is 11.3 Å². The fraction of sp³-hybridized carbons (Fsp3) is 0.462. The number of anilines is 1. The molecule has 2 aromatic rings. The average molecular weight is 261 g/mol. The maximum absolute atomic E-state index is 5.38. The van der Waals surface area contributed by atoms with Gasteiger partial charge in [0.25, 0.3) is 0 Å². The molecule has 0 amide bonds. The zero-order chi connectivity index (χ0) is 13.7. The van der Waals surface area contributed by atoms with Gasteiger partial charge in [-0.2, -0.15) is 5.10 Å². The number of hydrogen-bond acceptors (Lipinski definition) is 5. The fourth-order valence-corrected chi connectivity index (χ4v) is 1.73. The van der Waals surface area contributed by atoms with Crippen molar-refractivity contribution in [3.63, 3.8) is 0 Å². The quantitative estimate of drug-likeness (QED) is 0.859. The third-order valence-electron chi connectivity index (χ3n) is 2.57. The van der Waals surface area contributed by atoms with E-state index in [9.17, 15) is 0 Å². The van der Waals surface area contributed by atoms with Crippen LogP contribution in [0.4, 0.5) is 5.82 Å². The molecule has 102 valence electrons. The Labute approximate surface area is 112 Å². The van der Waals surface area contributed by atoms with Gasteiger partial charge in [0, 0.05) is 38.0 Å². The summed E-state index contributed by atoms with van der Waals surface area (Å²) in [7, 11) is 1.89. The van der Waals surface area contributed by atoms with Gasteiger partial charge in [0.15, 0.2) is 5.82 Å². The lowest BCUT2D eigenvalue weighted by atomic mass is 10.2. The second-order valence-corrected chi connectivity index (χ2v) is 4.12. The molecule has 19 heavy (non-hydrogen) atoms. The Morgan fingerprint density at radius 3 is 2.79 bits per heavy atom. The SMILES string of the molecule is CCNc1cc(-c2cnn(C)c2)nc(COCC)n1. The van der Waals surface area contributed by atoms with Gasteiger partial charge in [0.1, 0.15) is 12.4 Å². The van der Waals surface area contributed by atoms with Crippen LogP contribution < -0.4 is 5.32 Å². The summed E-state index contributed by atoms with van der Waals surface area (Å²) in [5.41, 5.74) is 1.83. The van der Waals surface area contributed by atoms with Gasteiger partial charge in [-0.25, -0.2) is 9.97 Å². The lowest BCUT2D eigenvalue weighted by Gasteiger charge is -2.08. The van der Waals surface area contributed by atoms with E-state index in [4.69, 9.17) is 4.74 Å². The summed E-state index contributed by atoms with van der Waals surface area (Å²) in [5, 5.41) is 7.37. The van der Waals surface area contributed by atoms with Crippen LogP contribution in [0.2, 0.25) is 0 Å². The van der Waals surface area contributed by atoms with Crippen LogP contribution in [0.5, 0.6) is 0 Å². The lowest BCUT2D eigenvalue weighted by molar-refractivity contribution is 0.128. The van der Waals surface area contributed by atoms with Gasteiger partial charge >= 0.3 is 0 Å². The molecule has 0 unspecified atom stereocenters. The van der Waals surface area contributed by atoms with Crippen molar-refractivity contribution in [3.05, 3.63) is 24.3 Å². The Morgan fingerprint density at radius 2 is 2.16 bits per heavy atom. The van der Waals surface area contributed by atoms with Crippen molar-refractivity contribution < 1.29 is 4.74 Å². The van der Waals surface area contributed by atoms with Crippen molar-refractivity contribution in [3.8, 4) is 11.3 Å². The van der Waals surface area contributed by atoms with Crippen molar-refractivity contribution in [1.29, 1.82) is 0 Å². The van der Waals surface area contributed by atoms with Gasteiger partial charge in [0.05, 0.1) is 11.9 Å². The monoisotopic (exact) mass is 261 g/mol. The van der Waals surface area contributed by atoms with E-state index in [1.54, 1.807) is 10.9 Å². The molecule has 0 aliphatic carbocycles. The van der Waals surface area contributed by atoms with Gasteiger partial charge in [0.2, 0.25) is 0 Å². The zero-order valence-corrected chi connectivity index (χ0v) is 11.6. The molecule has 0 fully saturated rings. The molecular formula is C13H19N5O. The van der Waals surface area contributed by atoms with Crippen molar-refractivity contribution in [2.24, 2.45) is 7.05 Å². The molecule has 0 spiro atoms. The Bertz CT molecular complexity index is 538. The molecule has 0 saturated carbocycles. The number of nitrogens with zero attached hydrogens (tertiary/aromatic N) is 4. The minimum absolute atomic E-state index is 0.420. The Balaban J connectivity index is 2.33. The first-order valence-corrected chi connectivity index (χ1v) is 6.41. The summed E-state index contributed by atoms with van der Waals surface area (Å²) in [6.45, 7) is 5.88. The van der Waals surface area contributed by atoms with E-state index in [0.29, 0.717) is 19.0 Å². The van der Waals surface area contributed by atoms with Crippen LogP contribution in [0.3, 0.4) is 0 Å². The number of aryl methyl sites for hydroxylation is 1. The molecule has 0 saturated heterocycles. The summed E-state index contributed by atoms with van der Waals surface area (Å²) in [5.74, 6) is 1.49. The van der Waals surface area contributed by atoms with E-state index in [1.165, 1.54) is 0 Å². The summed E-state index contributed by atoms with van der Waals surface area (Å²) >= 11 is 0. The van der Waals surface area contributed by atoms with E-state index < -0.39 is 0 Å². The summed E-state index contributed by atoms with van der Waals surface area (Å²) in [4.78, 5) is 8.93. The molecule has 2 heterocycles. The van der Waals surface area contributed by atoms with E-state index in [1.807, 2.05) is 33.2 Å². The minimum atomic E-state index is 0.420. The van der Waals surface area contributed by atoms with E-state index in [0.717, 1.165) is 23.6 Å². The number of hydrogen-bond donors (Lipinski definition) is 1. The molecule has 0 aromatic carbocycles. The molecule has 2 aromatic heterocycles. The second kappa shape index (κ2) is 6.29. The van der Waals surface area contributed by atoms with Crippen molar-refractivity contribution in [2.45, 2.75) is 20.5 Å². The highest BCUT2D eigenvalue weighted by Crippen LogP contribution is 2.19. The van der Waals surface area contributed by atoms with Gasteiger partial charge in [-0.3, -0.25) is 4.68 Å². The Morgan fingerprint density at radius 1 is 1.32 bits per heavy atom. The van der Waals surface area contributed by atoms with Gasteiger partial charge in [-0.05, 0) is 13.8 Å². The lowest BCUT2D eigenvalue weighted by Crippen LogP contribution is -2.06. The summed E-state index contributed by atoms with van der Waals surface area (Å²) in [6.07, 6.45) is 3.73. The average Bonchev–Trinajstić information content (AvgIpc) is 2.83. The fourth-order valence-electron chi connectivity index (χ4n) is 1.73. The van der Waals surface area contributed by atoms with Crippen LogP contribution in [0.15, 0.2) is 18.5 Å². The maximum atomic E-state index is 5.38. The third kappa shape index (κ3) is 3.51. The topological polar surface area (TPSA) is 64.9 Å². The first-order valence-electron chi connectivity index (χ1n) is 6.41. The van der Waals surface area contributed by atoms with E-state index in [2.05, 4.69) is 20.4 Å². The Kier molecular flexibility index (Phi) is 4.46. The molecule has 6 nitrogen and oxygen atoms in total. The van der Waals surface area contributed by atoms with Crippen molar-refractivity contribution in [2.75, 3.05) is 18.5 Å². The van der Waals surface area contributed by atoms with Crippen molar-refractivity contribution >= 4 is 5.82 Å². The van der Waals surface area contributed by atoms with Gasteiger partial charge in [-0.1, -0.05) is 0 Å². The molecule has 0 radical (unpaired) electrons. The summed E-state index contributed by atoms with van der Waals surface area (Å²) < 4.78 is 7.13. The predicted octanol–water partition coefficient (Wildman–Crippen LogP) is 1.85. The third-order valence-corrected chi connectivity index (χ3v) is 2.57. The van der Waals surface area contributed by atoms with Gasteiger partial charge in [-0.15, -0.1) is 0 Å². The van der Waals surface area contributed by atoms with E-state index >= 15 is 0 Å². The highest BCUT2D eigenvalue weighted by Gasteiger charge is 2.08. The number of rotatable bonds is 6. The molecular weight excluding hydrogens is 242 g/mol. The van der Waals surface area contributed by atoms with Gasteiger partial charge < -0.3 is 10.1 Å². The normalized spacial score (nSPS) is 10.7. The number of nitrogens with one attached hydrogen (secondary N) is 1. The van der Waals surface area contributed by atoms with E-state index in [-0.39, 0.29) is 0 Å². The summed E-state index contributed by atoms with van der Waals surface area (Å²) in [6, 6.07) is 1.93. The van der Waals surface area contributed by atoms with Crippen molar-refractivity contribution in [1.82, 2.24) is 19.7 Å².